The van der Waals surface area contributed by atoms with Gasteiger partial charge in [0.15, 0.2) is 0 Å². The van der Waals surface area contributed by atoms with Crippen LogP contribution in [0.15, 0.2) is 48.7 Å². The average molecular weight is 296 g/mol. The number of hydrogen-bond acceptors (Lipinski definition) is 2. The van der Waals surface area contributed by atoms with E-state index in [0.29, 0.717) is 0 Å². The number of rotatable bonds is 4. The molecule has 2 rings (SSSR count). The third-order valence-electron chi connectivity index (χ3n) is 3.21. The van der Waals surface area contributed by atoms with Crippen molar-refractivity contribution in [2.75, 3.05) is 12.4 Å². The predicted molar refractivity (Wildman–Crippen MR) is 90.1 cm³/mol. The van der Waals surface area contributed by atoms with Gasteiger partial charge in [-0.1, -0.05) is 29.8 Å². The maximum absolute atomic E-state index is 11.9. The Kier molecular flexibility index (Phi) is 5.20. The van der Waals surface area contributed by atoms with E-state index < -0.39 is 0 Å². The Labute approximate surface area is 130 Å². The van der Waals surface area contributed by atoms with Gasteiger partial charge in [0.2, 0.25) is 0 Å². The molecule has 114 valence electrons. The predicted octanol–water partition coefficient (Wildman–Crippen LogP) is 4.10. The lowest BCUT2D eigenvalue weighted by molar-refractivity contribution is 0.255. The van der Waals surface area contributed by atoms with Gasteiger partial charge < -0.3 is 15.4 Å². The molecule has 0 bridgehead atoms. The van der Waals surface area contributed by atoms with E-state index in [0.717, 1.165) is 22.6 Å². The number of carbonyl (C=O) groups excluding carboxylic acids is 1. The molecule has 0 saturated carbocycles. The Morgan fingerprint density at radius 3 is 2.68 bits per heavy atom. The van der Waals surface area contributed by atoms with Crippen molar-refractivity contribution in [2.45, 2.75) is 13.8 Å². The van der Waals surface area contributed by atoms with Crippen LogP contribution in [-0.4, -0.2) is 13.1 Å². The summed E-state index contributed by atoms with van der Waals surface area (Å²) in [7, 11) is 1.62. The normalized spacial score (nSPS) is 10.5. The molecular weight excluding hydrogens is 276 g/mol. The molecule has 0 radical (unpaired) electrons. The number of amides is 2. The maximum atomic E-state index is 11.9. The highest BCUT2D eigenvalue weighted by molar-refractivity contribution is 5.91. The van der Waals surface area contributed by atoms with E-state index in [1.165, 1.54) is 5.56 Å². The fourth-order valence-corrected chi connectivity index (χ4v) is 2.07. The van der Waals surface area contributed by atoms with Crippen molar-refractivity contribution < 1.29 is 9.53 Å². The molecule has 0 unspecified atom stereocenters. The van der Waals surface area contributed by atoms with E-state index in [-0.39, 0.29) is 6.03 Å². The van der Waals surface area contributed by atoms with Crippen LogP contribution >= 0.6 is 0 Å². The van der Waals surface area contributed by atoms with Crippen molar-refractivity contribution in [1.29, 1.82) is 0 Å². The third-order valence-corrected chi connectivity index (χ3v) is 3.21. The van der Waals surface area contributed by atoms with Crippen molar-refractivity contribution in [3.63, 3.8) is 0 Å². The Morgan fingerprint density at radius 2 is 1.95 bits per heavy atom. The van der Waals surface area contributed by atoms with E-state index >= 15 is 0 Å². The molecule has 2 aromatic rings. The first-order chi connectivity index (χ1) is 10.6. The molecule has 0 aromatic heterocycles. The molecule has 0 aliphatic heterocycles. The quantitative estimate of drug-likeness (QED) is 0.892. The number of methoxy groups -OCH3 is 1. The number of ether oxygens (including phenoxy) is 1. The summed E-state index contributed by atoms with van der Waals surface area (Å²) >= 11 is 0. The molecule has 0 aliphatic carbocycles. The summed E-state index contributed by atoms with van der Waals surface area (Å²) in [6.45, 7) is 3.99. The highest BCUT2D eigenvalue weighted by Crippen LogP contribution is 2.16. The van der Waals surface area contributed by atoms with Gasteiger partial charge in [-0.15, -0.1) is 0 Å². The standard InChI is InChI=1S/C18H20N2O2/c1-13-7-8-17(14(2)11-13)20-18(21)19-10-9-15-5-4-6-16(12-15)22-3/h4-12H,1-3H3,(H2,19,20,21)/b10-9+. The van der Waals surface area contributed by atoms with Gasteiger partial charge in [-0.3, -0.25) is 0 Å². The third kappa shape index (κ3) is 4.38. The monoisotopic (exact) mass is 296 g/mol. The molecule has 4 heteroatoms. The average Bonchev–Trinajstić information content (AvgIpc) is 2.50. The molecular formula is C18H20N2O2. The summed E-state index contributed by atoms with van der Waals surface area (Å²) in [5.41, 5.74) is 3.96. The van der Waals surface area contributed by atoms with Crippen LogP contribution in [0.3, 0.4) is 0 Å². The number of hydrogen-bond donors (Lipinski definition) is 2. The summed E-state index contributed by atoms with van der Waals surface area (Å²) in [5.74, 6) is 0.780. The topological polar surface area (TPSA) is 50.4 Å². The van der Waals surface area contributed by atoms with Crippen molar-refractivity contribution in [3.05, 3.63) is 65.4 Å². The number of anilines is 1. The zero-order valence-electron chi connectivity index (χ0n) is 13.0. The van der Waals surface area contributed by atoms with Crippen LogP contribution in [0.1, 0.15) is 16.7 Å². The minimum Gasteiger partial charge on any atom is -0.497 e. The Morgan fingerprint density at radius 1 is 1.14 bits per heavy atom. The van der Waals surface area contributed by atoms with Crippen molar-refractivity contribution in [3.8, 4) is 5.75 Å². The van der Waals surface area contributed by atoms with Gasteiger partial charge in [-0.25, -0.2) is 4.79 Å². The van der Waals surface area contributed by atoms with Gasteiger partial charge in [0.25, 0.3) is 0 Å². The molecule has 0 atom stereocenters. The maximum Gasteiger partial charge on any atom is 0.323 e. The van der Waals surface area contributed by atoms with Crippen molar-refractivity contribution >= 4 is 17.8 Å². The summed E-state index contributed by atoms with van der Waals surface area (Å²) in [4.78, 5) is 11.9. The first-order valence-electron chi connectivity index (χ1n) is 7.04. The second kappa shape index (κ2) is 7.31. The van der Waals surface area contributed by atoms with E-state index in [9.17, 15) is 4.79 Å². The summed E-state index contributed by atoms with van der Waals surface area (Å²) in [6.07, 6.45) is 3.41. The summed E-state index contributed by atoms with van der Waals surface area (Å²) in [6, 6.07) is 13.2. The first-order valence-corrected chi connectivity index (χ1v) is 7.04. The molecule has 2 amide bonds. The second-order valence-corrected chi connectivity index (χ2v) is 5.03. The molecule has 2 aromatic carbocycles. The molecule has 2 N–H and O–H groups in total. The van der Waals surface area contributed by atoms with E-state index in [1.54, 1.807) is 13.3 Å². The Balaban J connectivity index is 1.93. The van der Waals surface area contributed by atoms with Crippen LogP contribution in [0, 0.1) is 13.8 Å². The van der Waals surface area contributed by atoms with E-state index in [1.807, 2.05) is 62.4 Å². The molecule has 0 heterocycles. The molecule has 0 fully saturated rings. The Bertz CT molecular complexity index is 693. The fourth-order valence-electron chi connectivity index (χ4n) is 2.07. The molecule has 0 spiro atoms. The summed E-state index contributed by atoms with van der Waals surface area (Å²) < 4.78 is 5.15. The number of urea groups is 1. The van der Waals surface area contributed by atoms with E-state index in [2.05, 4.69) is 10.6 Å². The molecule has 4 nitrogen and oxygen atoms in total. The van der Waals surface area contributed by atoms with Crippen LogP contribution < -0.4 is 15.4 Å². The Hall–Kier alpha value is -2.75. The number of benzene rings is 2. The van der Waals surface area contributed by atoms with Crippen LogP contribution in [0.25, 0.3) is 6.08 Å². The molecule has 0 saturated heterocycles. The van der Waals surface area contributed by atoms with Crippen LogP contribution in [0.5, 0.6) is 5.75 Å². The lowest BCUT2D eigenvalue weighted by Gasteiger charge is -2.08. The number of nitrogens with one attached hydrogen (secondary N) is 2. The van der Waals surface area contributed by atoms with Gasteiger partial charge >= 0.3 is 6.03 Å². The van der Waals surface area contributed by atoms with Gasteiger partial charge in [0.1, 0.15) is 5.75 Å². The van der Waals surface area contributed by atoms with Gasteiger partial charge in [0.05, 0.1) is 7.11 Å². The zero-order chi connectivity index (χ0) is 15.9. The highest BCUT2D eigenvalue weighted by Gasteiger charge is 2.02. The number of carbonyl (C=O) groups is 1. The smallest absolute Gasteiger partial charge is 0.323 e. The zero-order valence-corrected chi connectivity index (χ0v) is 13.0. The lowest BCUT2D eigenvalue weighted by Crippen LogP contribution is -2.24. The minimum absolute atomic E-state index is 0.272. The molecule has 22 heavy (non-hydrogen) atoms. The van der Waals surface area contributed by atoms with Gasteiger partial charge in [-0.2, -0.15) is 0 Å². The van der Waals surface area contributed by atoms with Crippen LogP contribution in [0.2, 0.25) is 0 Å². The minimum atomic E-state index is -0.272. The van der Waals surface area contributed by atoms with E-state index in [4.69, 9.17) is 4.74 Å². The van der Waals surface area contributed by atoms with Gasteiger partial charge in [0, 0.05) is 11.9 Å². The molecule has 0 aliphatic rings. The van der Waals surface area contributed by atoms with Crippen molar-refractivity contribution in [2.24, 2.45) is 0 Å². The van der Waals surface area contributed by atoms with Gasteiger partial charge in [-0.05, 0) is 49.2 Å². The second-order valence-electron chi connectivity index (χ2n) is 5.03. The van der Waals surface area contributed by atoms with Crippen molar-refractivity contribution in [1.82, 2.24) is 5.32 Å². The SMILES string of the molecule is COc1cccc(/C=C/NC(=O)Nc2ccc(C)cc2C)c1. The number of aryl methyl sites for hydroxylation is 2. The fraction of sp³-hybridized carbons (Fsp3) is 0.167. The first kappa shape index (κ1) is 15.6. The van der Waals surface area contributed by atoms with Crippen LogP contribution in [0.4, 0.5) is 10.5 Å². The lowest BCUT2D eigenvalue weighted by atomic mass is 10.1. The highest BCUT2D eigenvalue weighted by atomic mass is 16.5. The summed E-state index contributed by atoms with van der Waals surface area (Å²) in [5, 5.41) is 5.51. The van der Waals surface area contributed by atoms with Crippen LogP contribution in [-0.2, 0) is 0 Å². The largest absolute Gasteiger partial charge is 0.497 e.